The minimum Gasteiger partial charge on any atom is -0.480 e. The highest BCUT2D eigenvalue weighted by Gasteiger charge is 2.38. The van der Waals surface area contributed by atoms with Gasteiger partial charge in [-0.1, -0.05) is 0 Å². The van der Waals surface area contributed by atoms with Crippen LogP contribution in [-0.4, -0.2) is 36.2 Å². The van der Waals surface area contributed by atoms with Crippen LogP contribution in [-0.2, 0) is 4.79 Å². The number of halogens is 1. The summed E-state index contributed by atoms with van der Waals surface area (Å²) in [5.41, 5.74) is -0.0271. The van der Waals surface area contributed by atoms with Gasteiger partial charge in [-0.3, -0.25) is 10.1 Å². The summed E-state index contributed by atoms with van der Waals surface area (Å²) in [6, 6.07) is 6.55. The van der Waals surface area contributed by atoms with Gasteiger partial charge in [0, 0.05) is 25.3 Å². The molecule has 110 valence electrons. The first-order chi connectivity index (χ1) is 9.40. The van der Waals surface area contributed by atoms with Crippen LogP contribution in [0, 0.1) is 5.82 Å². The van der Waals surface area contributed by atoms with Crippen LogP contribution in [0.5, 0.6) is 0 Å². The summed E-state index contributed by atoms with van der Waals surface area (Å²) in [4.78, 5) is 13.4. The van der Waals surface area contributed by atoms with Crippen LogP contribution in [0.15, 0.2) is 24.3 Å². The first-order valence-electron chi connectivity index (χ1n) is 6.88. The molecule has 0 amide bonds. The monoisotopic (exact) mass is 280 g/mol. The molecule has 0 radical (unpaired) electrons. The van der Waals surface area contributed by atoms with E-state index >= 15 is 0 Å². The number of carboxylic acid groups (broad SMARTS) is 1. The van der Waals surface area contributed by atoms with E-state index in [1.54, 1.807) is 19.1 Å². The summed E-state index contributed by atoms with van der Waals surface area (Å²) in [5.74, 6) is -1.09. The molecule has 1 aromatic carbocycles. The molecule has 1 unspecified atom stereocenters. The van der Waals surface area contributed by atoms with Crippen LogP contribution in [0.2, 0.25) is 0 Å². The third-order valence-electron chi connectivity index (χ3n) is 3.79. The Balaban J connectivity index is 1.94. The van der Waals surface area contributed by atoms with Gasteiger partial charge in [-0.2, -0.15) is 0 Å². The third-order valence-corrected chi connectivity index (χ3v) is 3.79. The highest BCUT2D eigenvalue weighted by molar-refractivity contribution is 5.78. The van der Waals surface area contributed by atoms with Gasteiger partial charge in [0.15, 0.2) is 0 Å². The lowest BCUT2D eigenvalue weighted by Gasteiger charge is -2.29. The van der Waals surface area contributed by atoms with E-state index in [2.05, 4.69) is 5.32 Å². The Labute approximate surface area is 118 Å². The molecule has 4 nitrogen and oxygen atoms in total. The van der Waals surface area contributed by atoms with E-state index in [0.717, 1.165) is 18.5 Å². The van der Waals surface area contributed by atoms with E-state index in [1.165, 1.54) is 12.1 Å². The summed E-state index contributed by atoms with van der Waals surface area (Å²) in [5, 5.41) is 12.6. The molecule has 1 fully saturated rings. The smallest absolute Gasteiger partial charge is 0.323 e. The Morgan fingerprint density at radius 2 is 2.05 bits per heavy atom. The minimum atomic E-state index is -0.907. The molecule has 1 aromatic rings. The van der Waals surface area contributed by atoms with Gasteiger partial charge in [0.25, 0.3) is 0 Å². The summed E-state index contributed by atoms with van der Waals surface area (Å²) in [7, 11) is 1.88. The van der Waals surface area contributed by atoms with Crippen LogP contribution >= 0.6 is 0 Å². The number of anilines is 1. The number of hydrogen-bond donors (Lipinski definition) is 2. The van der Waals surface area contributed by atoms with Crippen LogP contribution < -0.4 is 10.2 Å². The number of hydrogen-bond acceptors (Lipinski definition) is 3. The van der Waals surface area contributed by atoms with Gasteiger partial charge in [-0.25, -0.2) is 4.39 Å². The van der Waals surface area contributed by atoms with Crippen molar-refractivity contribution in [3.8, 4) is 0 Å². The zero-order valence-corrected chi connectivity index (χ0v) is 11.9. The molecule has 5 heteroatoms. The number of nitrogens with one attached hydrogen (secondary N) is 1. The number of rotatable bonds is 7. The Morgan fingerprint density at radius 3 is 2.55 bits per heavy atom. The van der Waals surface area contributed by atoms with Gasteiger partial charge in [0.1, 0.15) is 11.4 Å². The molecule has 1 aliphatic carbocycles. The van der Waals surface area contributed by atoms with Crippen LogP contribution in [0.3, 0.4) is 0 Å². The standard InChI is InChI=1S/C15H21FN2O2/c1-15(14(19)20,17-12-5-6-12)9-10-18(2)13-7-3-11(16)4-8-13/h3-4,7-8,12,17H,5-6,9-10H2,1-2H3,(H,19,20). The van der Waals surface area contributed by atoms with E-state index in [-0.39, 0.29) is 5.82 Å². The van der Waals surface area contributed by atoms with Crippen molar-refractivity contribution in [2.75, 3.05) is 18.5 Å². The maximum absolute atomic E-state index is 12.9. The van der Waals surface area contributed by atoms with Gasteiger partial charge >= 0.3 is 5.97 Å². The molecule has 0 aliphatic heterocycles. The van der Waals surface area contributed by atoms with Crippen molar-refractivity contribution < 1.29 is 14.3 Å². The van der Waals surface area contributed by atoms with Gasteiger partial charge < -0.3 is 10.0 Å². The van der Waals surface area contributed by atoms with Crippen LogP contribution in [0.1, 0.15) is 26.2 Å². The molecular weight excluding hydrogens is 259 g/mol. The van der Waals surface area contributed by atoms with Crippen molar-refractivity contribution in [3.63, 3.8) is 0 Å². The quantitative estimate of drug-likeness (QED) is 0.804. The van der Waals surface area contributed by atoms with E-state index in [9.17, 15) is 14.3 Å². The van der Waals surface area contributed by atoms with E-state index in [4.69, 9.17) is 0 Å². The van der Waals surface area contributed by atoms with E-state index < -0.39 is 11.5 Å². The maximum atomic E-state index is 12.9. The molecule has 0 heterocycles. The minimum absolute atomic E-state index is 0.270. The molecule has 20 heavy (non-hydrogen) atoms. The lowest BCUT2D eigenvalue weighted by atomic mass is 9.97. The molecule has 0 aromatic heterocycles. The van der Waals surface area contributed by atoms with Gasteiger partial charge in [0.2, 0.25) is 0 Å². The Kier molecular flexibility index (Phi) is 4.28. The van der Waals surface area contributed by atoms with Crippen molar-refractivity contribution >= 4 is 11.7 Å². The second-order valence-electron chi connectivity index (χ2n) is 5.70. The summed E-state index contributed by atoms with van der Waals surface area (Å²) < 4.78 is 12.9. The average Bonchev–Trinajstić information content (AvgIpc) is 3.20. The summed E-state index contributed by atoms with van der Waals surface area (Å²) in [6.07, 6.45) is 2.60. The fraction of sp³-hybridized carbons (Fsp3) is 0.533. The SMILES string of the molecule is CN(CCC(C)(NC1CC1)C(=O)O)c1ccc(F)cc1. The molecule has 0 saturated heterocycles. The maximum Gasteiger partial charge on any atom is 0.323 e. The highest BCUT2D eigenvalue weighted by atomic mass is 19.1. The Hall–Kier alpha value is -1.62. The normalized spacial score (nSPS) is 17.6. The average molecular weight is 280 g/mol. The van der Waals surface area contributed by atoms with Crippen molar-refractivity contribution in [2.24, 2.45) is 0 Å². The summed E-state index contributed by atoms with van der Waals surface area (Å²) >= 11 is 0. The topological polar surface area (TPSA) is 52.6 Å². The largest absolute Gasteiger partial charge is 0.480 e. The number of carboxylic acids is 1. The molecule has 1 atom stereocenters. The number of carbonyl (C=O) groups is 1. The summed E-state index contributed by atoms with van der Waals surface area (Å²) in [6.45, 7) is 2.32. The van der Waals surface area contributed by atoms with Crippen molar-refractivity contribution in [1.82, 2.24) is 5.32 Å². The lowest BCUT2D eigenvalue weighted by Crippen LogP contribution is -2.52. The molecule has 2 rings (SSSR count). The fourth-order valence-electron chi connectivity index (χ4n) is 2.14. The van der Waals surface area contributed by atoms with E-state index in [1.807, 2.05) is 11.9 Å². The molecule has 2 N–H and O–H groups in total. The zero-order chi connectivity index (χ0) is 14.8. The van der Waals surface area contributed by atoms with Gasteiger partial charge in [0.05, 0.1) is 0 Å². The third kappa shape index (κ3) is 3.70. The number of benzene rings is 1. The fourth-order valence-corrected chi connectivity index (χ4v) is 2.14. The predicted molar refractivity (Wildman–Crippen MR) is 76.5 cm³/mol. The van der Waals surface area contributed by atoms with Gasteiger partial charge in [-0.15, -0.1) is 0 Å². The second kappa shape index (κ2) is 5.79. The molecule has 0 bridgehead atoms. The Morgan fingerprint density at radius 1 is 1.45 bits per heavy atom. The predicted octanol–water partition coefficient (Wildman–Crippen LogP) is 2.25. The van der Waals surface area contributed by atoms with E-state index in [0.29, 0.717) is 19.0 Å². The number of nitrogens with zero attached hydrogens (tertiary/aromatic N) is 1. The number of aliphatic carboxylic acids is 1. The highest BCUT2D eigenvalue weighted by Crippen LogP contribution is 2.25. The molecule has 1 aliphatic rings. The van der Waals surface area contributed by atoms with Gasteiger partial charge in [-0.05, 0) is 50.5 Å². The second-order valence-corrected chi connectivity index (χ2v) is 5.70. The first kappa shape index (κ1) is 14.8. The molecular formula is C15H21FN2O2. The van der Waals surface area contributed by atoms with Crippen molar-refractivity contribution in [2.45, 2.75) is 37.8 Å². The van der Waals surface area contributed by atoms with Crippen molar-refractivity contribution in [1.29, 1.82) is 0 Å². The van der Waals surface area contributed by atoms with Crippen LogP contribution in [0.25, 0.3) is 0 Å². The lowest BCUT2D eigenvalue weighted by molar-refractivity contribution is -0.144. The van der Waals surface area contributed by atoms with Crippen molar-refractivity contribution in [3.05, 3.63) is 30.1 Å². The Bertz CT molecular complexity index is 473. The molecule has 1 saturated carbocycles. The van der Waals surface area contributed by atoms with Crippen LogP contribution in [0.4, 0.5) is 10.1 Å². The first-order valence-corrected chi connectivity index (χ1v) is 6.88. The molecule has 0 spiro atoms. The zero-order valence-electron chi connectivity index (χ0n) is 11.9.